The lowest BCUT2D eigenvalue weighted by Crippen LogP contribution is -2.67. The van der Waals surface area contributed by atoms with E-state index in [9.17, 15) is 4.79 Å². The second kappa shape index (κ2) is 5.50. The van der Waals surface area contributed by atoms with Crippen LogP contribution >= 0.6 is 0 Å². The molecular formula is C15H25N3O. The van der Waals surface area contributed by atoms with E-state index in [0.29, 0.717) is 12.5 Å². The van der Waals surface area contributed by atoms with E-state index in [1.165, 1.54) is 19.3 Å². The monoisotopic (exact) mass is 263 g/mol. The molecule has 2 aliphatic rings. The van der Waals surface area contributed by atoms with Crippen LogP contribution in [0.4, 0.5) is 0 Å². The number of likely N-dealkylation sites (N-methyl/N-ethyl adjacent to an activating group) is 1. The molecule has 4 nitrogen and oxygen atoms in total. The van der Waals surface area contributed by atoms with E-state index >= 15 is 0 Å². The first-order valence-corrected chi connectivity index (χ1v) is 7.38. The number of hydrogen-bond acceptors (Lipinski definition) is 3. The van der Waals surface area contributed by atoms with Crippen LogP contribution in [0.3, 0.4) is 0 Å². The third-order valence-corrected chi connectivity index (χ3v) is 4.57. The number of nitriles is 1. The highest BCUT2D eigenvalue weighted by Gasteiger charge is 2.46. The van der Waals surface area contributed by atoms with Gasteiger partial charge in [-0.1, -0.05) is 19.3 Å². The average molecular weight is 263 g/mol. The van der Waals surface area contributed by atoms with Crippen molar-refractivity contribution >= 4 is 5.91 Å². The maximum absolute atomic E-state index is 12.8. The van der Waals surface area contributed by atoms with Crippen molar-refractivity contribution in [3.63, 3.8) is 0 Å². The molecule has 0 aromatic carbocycles. The van der Waals surface area contributed by atoms with Gasteiger partial charge < -0.3 is 4.90 Å². The van der Waals surface area contributed by atoms with Crippen molar-refractivity contribution in [1.82, 2.24) is 9.80 Å². The number of amides is 1. The lowest BCUT2D eigenvalue weighted by Gasteiger charge is -2.53. The number of carbonyl (C=O) groups excluding carboxylic acids is 1. The van der Waals surface area contributed by atoms with Crippen molar-refractivity contribution in [3.8, 4) is 6.07 Å². The van der Waals surface area contributed by atoms with Crippen LogP contribution in [0.1, 0.15) is 52.4 Å². The predicted molar refractivity (Wildman–Crippen MR) is 74.4 cm³/mol. The van der Waals surface area contributed by atoms with E-state index in [1.807, 2.05) is 11.9 Å². The largest absolute Gasteiger partial charge is 0.332 e. The van der Waals surface area contributed by atoms with E-state index in [4.69, 9.17) is 5.26 Å². The zero-order valence-corrected chi connectivity index (χ0v) is 12.4. The van der Waals surface area contributed by atoms with Crippen LogP contribution in [0, 0.1) is 11.3 Å². The van der Waals surface area contributed by atoms with Gasteiger partial charge in [-0.05, 0) is 33.7 Å². The van der Waals surface area contributed by atoms with Crippen LogP contribution in [0.5, 0.6) is 0 Å². The van der Waals surface area contributed by atoms with Crippen molar-refractivity contribution in [2.45, 2.75) is 70.0 Å². The van der Waals surface area contributed by atoms with Gasteiger partial charge in [0.05, 0.1) is 18.0 Å². The molecule has 19 heavy (non-hydrogen) atoms. The van der Waals surface area contributed by atoms with Crippen molar-refractivity contribution in [1.29, 1.82) is 5.26 Å². The Bertz CT molecular complexity index is 379. The fraction of sp³-hybridized carbons (Fsp3) is 0.867. The third-order valence-electron chi connectivity index (χ3n) is 4.57. The molecule has 2 fully saturated rings. The second-order valence-electron chi connectivity index (χ2n) is 6.61. The molecule has 1 atom stereocenters. The maximum Gasteiger partial charge on any atom is 0.241 e. The van der Waals surface area contributed by atoms with Gasteiger partial charge in [-0.25, -0.2) is 0 Å². The molecule has 0 radical (unpaired) electrons. The summed E-state index contributed by atoms with van der Waals surface area (Å²) in [5.74, 6) is 0.159. The van der Waals surface area contributed by atoms with Crippen LogP contribution in [0.25, 0.3) is 0 Å². The van der Waals surface area contributed by atoms with Crippen LogP contribution in [-0.2, 0) is 4.79 Å². The fourth-order valence-electron chi connectivity index (χ4n) is 3.79. The van der Waals surface area contributed by atoms with Crippen LogP contribution in [0.2, 0.25) is 0 Å². The van der Waals surface area contributed by atoms with E-state index in [-0.39, 0.29) is 17.5 Å². The Kier molecular flexibility index (Phi) is 4.15. The Morgan fingerprint density at radius 3 is 2.53 bits per heavy atom. The molecule has 0 spiro atoms. The van der Waals surface area contributed by atoms with Gasteiger partial charge in [0.1, 0.15) is 6.04 Å². The normalized spacial score (nSPS) is 29.3. The Balaban J connectivity index is 2.22. The van der Waals surface area contributed by atoms with Gasteiger partial charge in [-0.3, -0.25) is 9.69 Å². The minimum atomic E-state index is -0.250. The van der Waals surface area contributed by atoms with Gasteiger partial charge in [0.25, 0.3) is 0 Å². The summed E-state index contributed by atoms with van der Waals surface area (Å²) in [4.78, 5) is 16.9. The molecule has 2 rings (SSSR count). The first-order valence-electron chi connectivity index (χ1n) is 7.38. The van der Waals surface area contributed by atoms with E-state index in [1.54, 1.807) is 0 Å². The molecule has 106 valence electrons. The summed E-state index contributed by atoms with van der Waals surface area (Å²) in [6, 6.07) is 2.29. The molecule has 1 saturated heterocycles. The predicted octanol–water partition coefficient (Wildman–Crippen LogP) is 2.15. The highest BCUT2D eigenvalue weighted by Crippen LogP contribution is 2.33. The molecule has 1 heterocycles. The van der Waals surface area contributed by atoms with Gasteiger partial charge in [0.2, 0.25) is 5.91 Å². The first kappa shape index (κ1) is 14.3. The van der Waals surface area contributed by atoms with Crippen molar-refractivity contribution < 1.29 is 4.79 Å². The van der Waals surface area contributed by atoms with Gasteiger partial charge in [-0.15, -0.1) is 0 Å². The molecule has 0 aromatic heterocycles. The first-order chi connectivity index (χ1) is 8.97. The standard InChI is InChI=1S/C15H25N3O/c1-15(2)11-17(3)13(9-10-16)14(19)18(15)12-7-5-4-6-8-12/h12-13H,4-9,11H2,1-3H3. The molecule has 1 aliphatic heterocycles. The molecular weight excluding hydrogens is 238 g/mol. The van der Waals surface area contributed by atoms with Crippen LogP contribution < -0.4 is 0 Å². The van der Waals surface area contributed by atoms with E-state index < -0.39 is 0 Å². The summed E-state index contributed by atoms with van der Waals surface area (Å²) < 4.78 is 0. The average Bonchev–Trinajstić information content (AvgIpc) is 2.34. The highest BCUT2D eigenvalue weighted by atomic mass is 16.2. The third kappa shape index (κ3) is 2.76. The minimum absolute atomic E-state index is 0.125. The van der Waals surface area contributed by atoms with Gasteiger partial charge in [-0.2, -0.15) is 5.26 Å². The Labute approximate surface area is 116 Å². The molecule has 1 unspecified atom stereocenters. The lowest BCUT2D eigenvalue weighted by atomic mass is 9.86. The summed E-state index contributed by atoms with van der Waals surface area (Å²) in [6.45, 7) is 5.15. The fourth-order valence-corrected chi connectivity index (χ4v) is 3.79. The number of carbonyl (C=O) groups is 1. The van der Waals surface area contributed by atoms with Crippen molar-refractivity contribution in [3.05, 3.63) is 0 Å². The highest BCUT2D eigenvalue weighted by molar-refractivity contribution is 5.84. The SMILES string of the molecule is CN1CC(C)(C)N(C2CCCCC2)C(=O)C1CC#N. The number of hydrogen-bond donors (Lipinski definition) is 0. The molecule has 0 bridgehead atoms. The zero-order chi connectivity index (χ0) is 14.0. The zero-order valence-electron chi connectivity index (χ0n) is 12.4. The number of piperazine rings is 1. The second-order valence-corrected chi connectivity index (χ2v) is 6.61. The van der Waals surface area contributed by atoms with E-state index in [0.717, 1.165) is 19.4 Å². The molecule has 4 heteroatoms. The van der Waals surface area contributed by atoms with Crippen molar-refractivity contribution in [2.24, 2.45) is 0 Å². The van der Waals surface area contributed by atoms with Gasteiger partial charge in [0.15, 0.2) is 0 Å². The van der Waals surface area contributed by atoms with Gasteiger partial charge in [0, 0.05) is 12.6 Å². The van der Waals surface area contributed by atoms with Crippen LogP contribution in [-0.4, -0.2) is 46.9 Å². The number of rotatable bonds is 2. The van der Waals surface area contributed by atoms with Gasteiger partial charge >= 0.3 is 0 Å². The molecule has 1 saturated carbocycles. The summed E-state index contributed by atoms with van der Waals surface area (Å²) in [5, 5.41) is 8.93. The number of nitrogens with zero attached hydrogens (tertiary/aromatic N) is 3. The summed E-state index contributed by atoms with van der Waals surface area (Å²) in [6.07, 6.45) is 6.29. The topological polar surface area (TPSA) is 47.3 Å². The maximum atomic E-state index is 12.8. The van der Waals surface area contributed by atoms with Crippen molar-refractivity contribution in [2.75, 3.05) is 13.6 Å². The van der Waals surface area contributed by atoms with E-state index in [2.05, 4.69) is 24.8 Å². The lowest BCUT2D eigenvalue weighted by molar-refractivity contribution is -0.155. The smallest absolute Gasteiger partial charge is 0.241 e. The molecule has 0 N–H and O–H groups in total. The summed E-state index contributed by atoms with van der Waals surface area (Å²) in [5.41, 5.74) is -0.125. The van der Waals surface area contributed by atoms with Crippen LogP contribution in [0.15, 0.2) is 0 Å². The molecule has 1 aliphatic carbocycles. The minimum Gasteiger partial charge on any atom is -0.332 e. The Morgan fingerprint density at radius 1 is 1.32 bits per heavy atom. The summed E-state index contributed by atoms with van der Waals surface area (Å²) in [7, 11) is 1.96. The summed E-state index contributed by atoms with van der Waals surface area (Å²) >= 11 is 0. The molecule has 1 amide bonds. The molecule has 0 aromatic rings. The quantitative estimate of drug-likeness (QED) is 0.767. The Morgan fingerprint density at radius 2 is 1.95 bits per heavy atom. The Hall–Kier alpha value is -1.08.